The van der Waals surface area contributed by atoms with Crippen molar-refractivity contribution in [3.8, 4) is 11.8 Å². The molecular formula is C29H36N2O4. The highest BCUT2D eigenvalue weighted by Crippen LogP contribution is 2.28. The fourth-order valence-electron chi connectivity index (χ4n) is 4.34. The van der Waals surface area contributed by atoms with Crippen molar-refractivity contribution in [1.29, 1.82) is 5.26 Å². The average Bonchev–Trinajstić information content (AvgIpc) is 2.88. The van der Waals surface area contributed by atoms with Gasteiger partial charge in [0.1, 0.15) is 12.4 Å². The highest BCUT2D eigenvalue weighted by atomic mass is 16.5. The molecule has 2 aromatic rings. The van der Waals surface area contributed by atoms with Crippen LogP contribution >= 0.6 is 0 Å². The molecule has 1 atom stereocenters. The number of nitrogens with zero attached hydrogens (tertiary/aromatic N) is 2. The molecule has 0 spiro atoms. The van der Waals surface area contributed by atoms with E-state index in [0.29, 0.717) is 36.6 Å². The number of rotatable bonds is 13. The topological polar surface area (TPSA) is 79.6 Å². The summed E-state index contributed by atoms with van der Waals surface area (Å²) in [5.41, 5.74) is 3.25. The van der Waals surface area contributed by atoms with E-state index in [0.717, 1.165) is 56.1 Å². The minimum absolute atomic E-state index is 0.0206. The van der Waals surface area contributed by atoms with E-state index in [1.807, 2.05) is 35.2 Å². The van der Waals surface area contributed by atoms with Crippen LogP contribution in [0.25, 0.3) is 0 Å². The van der Waals surface area contributed by atoms with Gasteiger partial charge in [0.25, 0.3) is 5.91 Å². The zero-order valence-corrected chi connectivity index (χ0v) is 20.9. The van der Waals surface area contributed by atoms with Crippen LogP contribution in [0.2, 0.25) is 0 Å². The zero-order chi connectivity index (χ0) is 25.0. The summed E-state index contributed by atoms with van der Waals surface area (Å²) in [7, 11) is 0. The maximum atomic E-state index is 13.4. The van der Waals surface area contributed by atoms with Gasteiger partial charge >= 0.3 is 5.97 Å². The lowest BCUT2D eigenvalue weighted by Gasteiger charge is -2.35. The van der Waals surface area contributed by atoms with Crippen molar-refractivity contribution < 1.29 is 19.1 Å². The predicted molar refractivity (Wildman–Crippen MR) is 135 cm³/mol. The van der Waals surface area contributed by atoms with Gasteiger partial charge in [-0.3, -0.25) is 9.59 Å². The van der Waals surface area contributed by atoms with Crippen molar-refractivity contribution in [2.45, 2.75) is 77.9 Å². The molecule has 0 bridgehead atoms. The Kier molecular flexibility index (Phi) is 10.2. The van der Waals surface area contributed by atoms with Crippen molar-refractivity contribution in [3.63, 3.8) is 0 Å². The molecule has 186 valence electrons. The van der Waals surface area contributed by atoms with Gasteiger partial charge in [0.05, 0.1) is 24.7 Å². The Morgan fingerprint density at radius 2 is 1.86 bits per heavy atom. The van der Waals surface area contributed by atoms with Crippen LogP contribution < -0.4 is 4.74 Å². The maximum Gasteiger partial charge on any atom is 0.307 e. The number of benzene rings is 2. The van der Waals surface area contributed by atoms with E-state index in [2.05, 4.69) is 19.9 Å². The summed E-state index contributed by atoms with van der Waals surface area (Å²) in [6, 6.07) is 14.9. The second-order valence-electron chi connectivity index (χ2n) is 9.09. The molecule has 1 aliphatic heterocycles. The number of nitriles is 1. The van der Waals surface area contributed by atoms with Gasteiger partial charge in [0.2, 0.25) is 0 Å². The van der Waals surface area contributed by atoms with E-state index in [4.69, 9.17) is 14.7 Å². The molecule has 1 heterocycles. The van der Waals surface area contributed by atoms with Crippen molar-refractivity contribution in [2.75, 3.05) is 13.2 Å². The van der Waals surface area contributed by atoms with Crippen LogP contribution in [0.5, 0.6) is 5.75 Å². The molecule has 6 nitrogen and oxygen atoms in total. The second-order valence-corrected chi connectivity index (χ2v) is 9.09. The molecule has 6 heteroatoms. The fraction of sp³-hybridized carbons (Fsp3) is 0.483. The minimum Gasteiger partial charge on any atom is -0.489 e. The van der Waals surface area contributed by atoms with E-state index in [9.17, 15) is 9.59 Å². The number of hydrogen-bond acceptors (Lipinski definition) is 5. The Labute approximate surface area is 208 Å². The van der Waals surface area contributed by atoms with Gasteiger partial charge in [0, 0.05) is 18.2 Å². The Morgan fingerprint density at radius 1 is 1.09 bits per heavy atom. The van der Waals surface area contributed by atoms with Crippen molar-refractivity contribution in [2.24, 2.45) is 0 Å². The molecule has 3 rings (SSSR count). The van der Waals surface area contributed by atoms with Crippen LogP contribution in [0.1, 0.15) is 85.8 Å². The van der Waals surface area contributed by atoms with Crippen LogP contribution in [0.15, 0.2) is 42.5 Å². The predicted octanol–water partition coefficient (Wildman–Crippen LogP) is 5.82. The first-order chi connectivity index (χ1) is 17.0. The molecule has 1 aliphatic rings. The second kappa shape index (κ2) is 13.5. The number of ether oxygens (including phenoxy) is 2. The van der Waals surface area contributed by atoms with E-state index in [1.165, 1.54) is 0 Å². The molecule has 1 unspecified atom stereocenters. The van der Waals surface area contributed by atoms with Crippen molar-refractivity contribution in [1.82, 2.24) is 4.90 Å². The monoisotopic (exact) mass is 476 g/mol. The zero-order valence-electron chi connectivity index (χ0n) is 20.9. The molecule has 0 N–H and O–H groups in total. The van der Waals surface area contributed by atoms with Crippen LogP contribution in [0.4, 0.5) is 0 Å². The molecule has 35 heavy (non-hydrogen) atoms. The maximum absolute atomic E-state index is 13.4. The van der Waals surface area contributed by atoms with Crippen LogP contribution in [0, 0.1) is 11.3 Å². The Morgan fingerprint density at radius 3 is 2.57 bits per heavy atom. The molecule has 0 radical (unpaired) electrons. The van der Waals surface area contributed by atoms with E-state index in [1.54, 1.807) is 12.1 Å². The van der Waals surface area contributed by atoms with Crippen LogP contribution in [-0.4, -0.2) is 36.0 Å². The van der Waals surface area contributed by atoms with Gasteiger partial charge in [-0.15, -0.1) is 0 Å². The molecule has 0 saturated heterocycles. The largest absolute Gasteiger partial charge is 0.489 e. The summed E-state index contributed by atoms with van der Waals surface area (Å²) >= 11 is 0. The summed E-state index contributed by atoms with van der Waals surface area (Å²) in [5, 5.41) is 8.93. The van der Waals surface area contributed by atoms with Gasteiger partial charge in [-0.1, -0.05) is 51.7 Å². The van der Waals surface area contributed by atoms with Gasteiger partial charge in [-0.05, 0) is 60.7 Å². The van der Waals surface area contributed by atoms with E-state index in [-0.39, 0.29) is 24.3 Å². The molecule has 1 amide bonds. The Bertz CT molecular complexity index is 1030. The highest BCUT2D eigenvalue weighted by Gasteiger charge is 2.31. The molecular weight excluding hydrogens is 440 g/mol. The number of unbranched alkanes of at least 4 members (excludes halogenated alkanes) is 3. The summed E-state index contributed by atoms with van der Waals surface area (Å²) in [6.07, 6.45) is 6.79. The lowest BCUT2D eigenvalue weighted by Crippen LogP contribution is -2.45. The average molecular weight is 477 g/mol. The lowest BCUT2D eigenvalue weighted by atomic mass is 9.95. The molecule has 0 saturated carbocycles. The fourth-order valence-corrected chi connectivity index (χ4v) is 4.34. The van der Waals surface area contributed by atoms with Crippen LogP contribution in [-0.2, 0) is 22.6 Å². The first-order valence-corrected chi connectivity index (χ1v) is 12.8. The Hall–Kier alpha value is -3.33. The van der Waals surface area contributed by atoms with Crippen LogP contribution in [0.3, 0.4) is 0 Å². The van der Waals surface area contributed by atoms with Gasteiger partial charge in [0.15, 0.2) is 0 Å². The Balaban J connectivity index is 1.65. The highest BCUT2D eigenvalue weighted by molar-refractivity contribution is 5.97. The van der Waals surface area contributed by atoms with Gasteiger partial charge in [-0.25, -0.2) is 0 Å². The molecule has 0 aliphatic carbocycles. The number of hydrogen-bond donors (Lipinski definition) is 0. The third-order valence-corrected chi connectivity index (χ3v) is 6.42. The number of amides is 1. The molecule has 2 aromatic carbocycles. The number of carbonyl (C=O) groups is 2. The normalized spacial score (nSPS) is 13.6. The summed E-state index contributed by atoms with van der Waals surface area (Å²) in [4.78, 5) is 27.7. The smallest absolute Gasteiger partial charge is 0.307 e. The minimum atomic E-state index is -0.218. The first kappa shape index (κ1) is 26.3. The SMILES string of the molecule is CCCCCC(CC(=O)OCCCC)N1CCc2cc(OCc3ccc(C#N)cc3)ccc2C1=O. The lowest BCUT2D eigenvalue weighted by molar-refractivity contribution is -0.145. The van der Waals surface area contributed by atoms with Gasteiger partial charge < -0.3 is 14.4 Å². The third kappa shape index (κ3) is 7.58. The first-order valence-electron chi connectivity index (χ1n) is 12.8. The standard InChI is InChI=1S/C29H36N2O4/c1-3-5-7-8-25(19-28(32)34-17-6-4-2)31-16-15-24-18-26(13-14-27(24)29(31)33)35-21-23-11-9-22(20-30)10-12-23/h9-14,18,25H,3-8,15-17,19,21H2,1-2H3. The van der Waals surface area contributed by atoms with E-state index >= 15 is 0 Å². The quantitative estimate of drug-likeness (QED) is 0.269. The molecule has 0 aromatic heterocycles. The summed E-state index contributed by atoms with van der Waals surface area (Å²) in [6.45, 7) is 5.64. The molecule has 0 fully saturated rings. The van der Waals surface area contributed by atoms with Gasteiger partial charge in [-0.2, -0.15) is 5.26 Å². The van der Waals surface area contributed by atoms with Crippen molar-refractivity contribution in [3.05, 3.63) is 64.7 Å². The summed E-state index contributed by atoms with van der Waals surface area (Å²) < 4.78 is 11.3. The summed E-state index contributed by atoms with van der Waals surface area (Å²) in [5.74, 6) is 0.478. The number of fused-ring (bicyclic) bond motifs is 1. The third-order valence-electron chi connectivity index (χ3n) is 6.42. The number of esters is 1. The van der Waals surface area contributed by atoms with Crippen molar-refractivity contribution >= 4 is 11.9 Å². The number of carbonyl (C=O) groups excluding carboxylic acids is 2. The van der Waals surface area contributed by atoms with E-state index < -0.39 is 0 Å².